The van der Waals surface area contributed by atoms with Gasteiger partial charge >= 0.3 is 0 Å². The van der Waals surface area contributed by atoms with Crippen LogP contribution in [-0.4, -0.2) is 18.2 Å². The molecule has 0 radical (unpaired) electrons. The van der Waals surface area contributed by atoms with Crippen molar-refractivity contribution in [3.05, 3.63) is 29.1 Å². The Balaban J connectivity index is 3.12. The highest BCUT2D eigenvalue weighted by Gasteiger charge is 1.94. The first kappa shape index (κ1) is 7.92. The Bertz CT molecular complexity index is 277. The van der Waals surface area contributed by atoms with Gasteiger partial charge in [-0.25, -0.2) is 0 Å². The van der Waals surface area contributed by atoms with E-state index in [1.165, 1.54) is 5.56 Å². The Hall–Kier alpha value is -1.18. The summed E-state index contributed by atoms with van der Waals surface area (Å²) in [6.07, 6.45) is 1.78. The molecule has 58 valence electrons. The fraction of sp³-hybridized carbons (Fsp3) is 0.333. The normalized spacial score (nSPS) is 10.8. The molecule has 1 aromatic heterocycles. The van der Waals surface area contributed by atoms with E-state index in [4.69, 9.17) is 0 Å². The van der Waals surface area contributed by atoms with Crippen LogP contribution in [0.4, 0.5) is 0 Å². The molecule has 0 aliphatic rings. The summed E-state index contributed by atoms with van der Waals surface area (Å²) in [6, 6.07) is 4.06. The minimum Gasteiger partial charge on any atom is -0.294 e. The SMILES string of the molecule is CN=Cc1nc(C)ccc1C. The number of aliphatic imine (C=N–C) groups is 1. The molecular formula is C9H12N2. The largest absolute Gasteiger partial charge is 0.294 e. The maximum Gasteiger partial charge on any atom is 0.0839 e. The van der Waals surface area contributed by atoms with Gasteiger partial charge in [-0.1, -0.05) is 6.07 Å². The smallest absolute Gasteiger partial charge is 0.0839 e. The van der Waals surface area contributed by atoms with Crippen molar-refractivity contribution < 1.29 is 0 Å². The molecule has 2 heteroatoms. The lowest BCUT2D eigenvalue weighted by atomic mass is 10.2. The first-order chi connectivity index (χ1) is 5.24. The monoisotopic (exact) mass is 148 g/mol. The zero-order chi connectivity index (χ0) is 8.27. The maximum absolute atomic E-state index is 4.31. The van der Waals surface area contributed by atoms with Gasteiger partial charge in [0.15, 0.2) is 0 Å². The van der Waals surface area contributed by atoms with Crippen LogP contribution in [0.1, 0.15) is 17.0 Å². The van der Waals surface area contributed by atoms with Crippen molar-refractivity contribution in [3.8, 4) is 0 Å². The second-order valence-corrected chi connectivity index (χ2v) is 2.54. The molecule has 0 aliphatic heterocycles. The topological polar surface area (TPSA) is 25.2 Å². The lowest BCUT2D eigenvalue weighted by molar-refractivity contribution is 1.15. The number of aromatic nitrogens is 1. The standard InChI is InChI=1S/C9H12N2/c1-7-4-5-8(2)11-9(7)6-10-3/h4-6H,1-3H3. The van der Waals surface area contributed by atoms with Gasteiger partial charge in [0.1, 0.15) is 0 Å². The summed E-state index contributed by atoms with van der Waals surface area (Å²) in [5.41, 5.74) is 3.17. The van der Waals surface area contributed by atoms with Crippen LogP contribution < -0.4 is 0 Å². The van der Waals surface area contributed by atoms with Gasteiger partial charge in [0, 0.05) is 19.0 Å². The zero-order valence-electron chi connectivity index (χ0n) is 7.13. The minimum absolute atomic E-state index is 0.965. The second kappa shape index (κ2) is 3.28. The van der Waals surface area contributed by atoms with E-state index in [2.05, 4.69) is 16.0 Å². The lowest BCUT2D eigenvalue weighted by Crippen LogP contribution is -1.93. The van der Waals surface area contributed by atoms with Crippen molar-refractivity contribution in [1.29, 1.82) is 0 Å². The summed E-state index contributed by atoms with van der Waals surface area (Å²) in [5, 5.41) is 0. The van der Waals surface area contributed by atoms with Gasteiger partial charge in [-0.2, -0.15) is 0 Å². The summed E-state index contributed by atoms with van der Waals surface area (Å²) >= 11 is 0. The van der Waals surface area contributed by atoms with Crippen LogP contribution >= 0.6 is 0 Å². The molecule has 1 aromatic rings. The summed E-state index contributed by atoms with van der Waals surface area (Å²) in [6.45, 7) is 4.01. The third-order valence-electron chi connectivity index (χ3n) is 1.53. The van der Waals surface area contributed by atoms with Crippen LogP contribution in [0, 0.1) is 13.8 Å². The van der Waals surface area contributed by atoms with Crippen LogP contribution in [0.25, 0.3) is 0 Å². The van der Waals surface area contributed by atoms with E-state index in [1.807, 2.05) is 19.9 Å². The van der Waals surface area contributed by atoms with Crippen molar-refractivity contribution >= 4 is 6.21 Å². The Kier molecular flexibility index (Phi) is 2.36. The number of pyridine rings is 1. The average molecular weight is 148 g/mol. The first-order valence-electron chi connectivity index (χ1n) is 3.60. The molecule has 2 nitrogen and oxygen atoms in total. The van der Waals surface area contributed by atoms with E-state index >= 15 is 0 Å². The average Bonchev–Trinajstić information content (AvgIpc) is 1.98. The molecule has 0 aromatic carbocycles. The van der Waals surface area contributed by atoms with E-state index in [1.54, 1.807) is 13.3 Å². The molecule has 1 heterocycles. The van der Waals surface area contributed by atoms with Crippen molar-refractivity contribution in [2.75, 3.05) is 7.05 Å². The van der Waals surface area contributed by atoms with Gasteiger partial charge in [0.2, 0.25) is 0 Å². The highest BCUT2D eigenvalue weighted by molar-refractivity contribution is 5.78. The molecule has 0 unspecified atom stereocenters. The van der Waals surface area contributed by atoms with Gasteiger partial charge in [-0.3, -0.25) is 9.98 Å². The van der Waals surface area contributed by atoms with Crippen molar-refractivity contribution in [2.24, 2.45) is 4.99 Å². The van der Waals surface area contributed by atoms with Crippen LogP contribution in [0.5, 0.6) is 0 Å². The summed E-state index contributed by atoms with van der Waals surface area (Å²) < 4.78 is 0. The molecule has 0 N–H and O–H groups in total. The third kappa shape index (κ3) is 1.87. The molecule has 0 bridgehead atoms. The molecule has 11 heavy (non-hydrogen) atoms. The third-order valence-corrected chi connectivity index (χ3v) is 1.53. The molecule has 0 atom stereocenters. The Labute approximate surface area is 67.0 Å². The second-order valence-electron chi connectivity index (χ2n) is 2.54. The van der Waals surface area contributed by atoms with E-state index in [-0.39, 0.29) is 0 Å². The predicted octanol–water partition coefficient (Wildman–Crippen LogP) is 1.75. The van der Waals surface area contributed by atoms with Crippen LogP contribution in [-0.2, 0) is 0 Å². The van der Waals surface area contributed by atoms with Crippen LogP contribution in [0.3, 0.4) is 0 Å². The number of nitrogens with zero attached hydrogens (tertiary/aromatic N) is 2. The molecule has 0 fully saturated rings. The van der Waals surface area contributed by atoms with Crippen molar-refractivity contribution in [3.63, 3.8) is 0 Å². The number of hydrogen-bond acceptors (Lipinski definition) is 2. The highest BCUT2D eigenvalue weighted by Crippen LogP contribution is 2.02. The van der Waals surface area contributed by atoms with E-state index in [0.717, 1.165) is 11.4 Å². The number of aryl methyl sites for hydroxylation is 2. The minimum atomic E-state index is 0.965. The van der Waals surface area contributed by atoms with Gasteiger partial charge in [-0.15, -0.1) is 0 Å². The Morgan fingerprint density at radius 2 is 2.09 bits per heavy atom. The highest BCUT2D eigenvalue weighted by atomic mass is 14.7. The predicted molar refractivity (Wildman–Crippen MR) is 47.2 cm³/mol. The maximum atomic E-state index is 4.31. The molecule has 1 rings (SSSR count). The Morgan fingerprint density at radius 1 is 1.36 bits per heavy atom. The number of hydrogen-bond donors (Lipinski definition) is 0. The summed E-state index contributed by atoms with van der Waals surface area (Å²) in [4.78, 5) is 8.23. The molecular weight excluding hydrogens is 136 g/mol. The number of rotatable bonds is 1. The molecule has 0 saturated heterocycles. The van der Waals surface area contributed by atoms with Crippen molar-refractivity contribution in [1.82, 2.24) is 4.98 Å². The molecule has 0 saturated carbocycles. The van der Waals surface area contributed by atoms with Crippen LogP contribution in [0.2, 0.25) is 0 Å². The van der Waals surface area contributed by atoms with E-state index in [0.29, 0.717) is 0 Å². The quantitative estimate of drug-likeness (QED) is 0.557. The van der Waals surface area contributed by atoms with Crippen LogP contribution in [0.15, 0.2) is 17.1 Å². The molecule has 0 aliphatic carbocycles. The van der Waals surface area contributed by atoms with Gasteiger partial charge in [0.25, 0.3) is 0 Å². The lowest BCUT2D eigenvalue weighted by Gasteiger charge is -1.98. The molecule has 0 amide bonds. The Morgan fingerprint density at radius 3 is 2.73 bits per heavy atom. The summed E-state index contributed by atoms with van der Waals surface area (Å²) in [5.74, 6) is 0. The fourth-order valence-corrected chi connectivity index (χ4v) is 0.899. The van der Waals surface area contributed by atoms with Gasteiger partial charge in [-0.05, 0) is 25.5 Å². The van der Waals surface area contributed by atoms with Gasteiger partial charge in [0.05, 0.1) is 5.69 Å². The van der Waals surface area contributed by atoms with Gasteiger partial charge < -0.3 is 0 Å². The zero-order valence-corrected chi connectivity index (χ0v) is 7.13. The van der Waals surface area contributed by atoms with E-state index < -0.39 is 0 Å². The fourth-order valence-electron chi connectivity index (χ4n) is 0.899. The van der Waals surface area contributed by atoms with E-state index in [9.17, 15) is 0 Å². The summed E-state index contributed by atoms with van der Waals surface area (Å²) in [7, 11) is 1.75. The molecule has 0 spiro atoms. The first-order valence-corrected chi connectivity index (χ1v) is 3.60. The van der Waals surface area contributed by atoms with Crippen molar-refractivity contribution in [2.45, 2.75) is 13.8 Å².